The quantitative estimate of drug-likeness (QED) is 0.671. The summed E-state index contributed by atoms with van der Waals surface area (Å²) in [5, 5.41) is 3.15. The van der Waals surface area contributed by atoms with Crippen LogP contribution in [0.25, 0.3) is 0 Å². The van der Waals surface area contributed by atoms with Gasteiger partial charge in [-0.3, -0.25) is 0 Å². The molecular formula is C22H32N6O4S. The molecule has 0 aliphatic carbocycles. The fraction of sp³-hybridized carbons (Fsp3) is 0.545. The number of carbonyl (C=O) groups excluding carboxylic acids is 1. The molecule has 0 saturated carbocycles. The second-order valence-electron chi connectivity index (χ2n) is 9.34. The van der Waals surface area contributed by atoms with Crippen LogP contribution in [-0.2, 0) is 14.6 Å². The zero-order valence-electron chi connectivity index (χ0n) is 19.8. The summed E-state index contributed by atoms with van der Waals surface area (Å²) >= 11 is 0. The molecule has 1 fully saturated rings. The van der Waals surface area contributed by atoms with Gasteiger partial charge in [-0.25, -0.2) is 28.2 Å². The van der Waals surface area contributed by atoms with Crippen LogP contribution in [0.3, 0.4) is 0 Å². The molecule has 0 atom stereocenters. The molecule has 0 unspecified atom stereocenters. The predicted molar refractivity (Wildman–Crippen MR) is 126 cm³/mol. The molecule has 2 aromatic heterocycles. The Kier molecular flexibility index (Phi) is 7.41. The molecule has 0 spiro atoms. The molecule has 0 bridgehead atoms. The first-order valence-corrected chi connectivity index (χ1v) is 12.7. The fourth-order valence-electron chi connectivity index (χ4n) is 3.55. The highest BCUT2D eigenvalue weighted by Gasteiger charge is 2.27. The maximum absolute atomic E-state index is 12.3. The maximum atomic E-state index is 12.3. The molecule has 1 N–H and O–H groups in total. The highest BCUT2D eigenvalue weighted by Crippen LogP contribution is 2.23. The molecule has 2 aromatic rings. The van der Waals surface area contributed by atoms with E-state index in [-0.39, 0.29) is 11.1 Å². The van der Waals surface area contributed by atoms with Gasteiger partial charge in [0.1, 0.15) is 23.6 Å². The van der Waals surface area contributed by atoms with Crippen molar-refractivity contribution >= 4 is 33.3 Å². The number of sulfone groups is 1. The first kappa shape index (κ1) is 24.7. The third-order valence-corrected chi connectivity index (χ3v) is 6.23. The number of aromatic nitrogens is 3. The van der Waals surface area contributed by atoms with Crippen LogP contribution < -0.4 is 10.2 Å². The van der Waals surface area contributed by atoms with E-state index in [1.807, 2.05) is 33.9 Å². The van der Waals surface area contributed by atoms with E-state index >= 15 is 0 Å². The maximum Gasteiger partial charge on any atom is 0.410 e. The normalized spacial score (nSPS) is 15.2. The minimum absolute atomic E-state index is 0.0221. The molecular weight excluding hydrogens is 444 g/mol. The predicted octanol–water partition coefficient (Wildman–Crippen LogP) is 3.10. The summed E-state index contributed by atoms with van der Waals surface area (Å²) in [6.45, 7) is 7.79. The molecule has 180 valence electrons. The summed E-state index contributed by atoms with van der Waals surface area (Å²) in [4.78, 5) is 28.7. The van der Waals surface area contributed by atoms with Gasteiger partial charge in [0, 0.05) is 39.0 Å². The van der Waals surface area contributed by atoms with Gasteiger partial charge in [0.2, 0.25) is 0 Å². The average Bonchev–Trinajstić information content (AvgIpc) is 2.73. The number of rotatable bonds is 6. The number of carbonyl (C=O) groups is 1. The van der Waals surface area contributed by atoms with Gasteiger partial charge in [0.05, 0.1) is 11.9 Å². The van der Waals surface area contributed by atoms with Gasteiger partial charge < -0.3 is 19.9 Å². The minimum atomic E-state index is -3.34. The lowest BCUT2D eigenvalue weighted by atomic mass is 9.96. The molecule has 10 nitrogen and oxygen atoms in total. The van der Waals surface area contributed by atoms with Crippen molar-refractivity contribution in [2.75, 3.05) is 43.2 Å². The van der Waals surface area contributed by atoms with Crippen LogP contribution in [-0.4, -0.2) is 72.9 Å². The van der Waals surface area contributed by atoms with Crippen molar-refractivity contribution in [3.63, 3.8) is 0 Å². The number of nitrogens with one attached hydrogen (secondary N) is 1. The third-order valence-electron chi connectivity index (χ3n) is 5.23. The molecule has 1 aliphatic heterocycles. The van der Waals surface area contributed by atoms with E-state index < -0.39 is 15.4 Å². The van der Waals surface area contributed by atoms with Crippen LogP contribution in [0.2, 0.25) is 0 Å². The summed E-state index contributed by atoms with van der Waals surface area (Å²) in [6.07, 6.45) is 5.62. The third kappa shape index (κ3) is 7.28. The number of nitrogens with zero attached hydrogens (tertiary/aromatic N) is 5. The monoisotopic (exact) mass is 476 g/mol. The molecule has 3 rings (SSSR count). The Balaban J connectivity index is 1.55. The number of pyridine rings is 1. The van der Waals surface area contributed by atoms with Crippen molar-refractivity contribution in [1.82, 2.24) is 19.9 Å². The Morgan fingerprint density at radius 3 is 2.48 bits per heavy atom. The van der Waals surface area contributed by atoms with Crippen LogP contribution >= 0.6 is 0 Å². The molecule has 0 radical (unpaired) electrons. The van der Waals surface area contributed by atoms with Crippen LogP contribution in [0.4, 0.5) is 22.1 Å². The largest absolute Gasteiger partial charge is 0.444 e. The van der Waals surface area contributed by atoms with Crippen LogP contribution in [0, 0.1) is 5.92 Å². The Morgan fingerprint density at radius 2 is 1.91 bits per heavy atom. The van der Waals surface area contributed by atoms with E-state index in [1.54, 1.807) is 11.0 Å². The molecule has 1 amide bonds. The smallest absolute Gasteiger partial charge is 0.410 e. The SMILES string of the molecule is CN(CC1CCN(C(=O)OC(C)(C)C)CC1)c1cc(Nc2ccc(S(C)(=O)=O)nc2)ncn1. The Morgan fingerprint density at radius 1 is 1.21 bits per heavy atom. The van der Waals surface area contributed by atoms with Gasteiger partial charge >= 0.3 is 6.09 Å². The number of piperidine rings is 1. The van der Waals surface area contributed by atoms with Crippen molar-refractivity contribution < 1.29 is 17.9 Å². The van der Waals surface area contributed by atoms with Crippen molar-refractivity contribution in [2.45, 2.75) is 44.2 Å². The molecule has 11 heteroatoms. The highest BCUT2D eigenvalue weighted by atomic mass is 32.2. The fourth-order valence-corrected chi connectivity index (χ4v) is 4.11. The number of hydrogen-bond acceptors (Lipinski definition) is 9. The van der Waals surface area contributed by atoms with Gasteiger partial charge in [-0.1, -0.05) is 0 Å². The summed E-state index contributed by atoms with van der Waals surface area (Å²) in [6, 6.07) is 4.93. The Hall–Kier alpha value is -2.95. The first-order valence-electron chi connectivity index (χ1n) is 10.8. The lowest BCUT2D eigenvalue weighted by Gasteiger charge is -2.35. The van der Waals surface area contributed by atoms with Gasteiger partial charge in [-0.15, -0.1) is 0 Å². The average molecular weight is 477 g/mol. The van der Waals surface area contributed by atoms with E-state index in [9.17, 15) is 13.2 Å². The Bertz CT molecular complexity index is 1060. The van der Waals surface area contributed by atoms with Crippen molar-refractivity contribution in [2.24, 2.45) is 5.92 Å². The standard InChI is InChI=1S/C22H32N6O4S/c1-22(2,3)32-21(29)28-10-8-16(9-11-28)14-27(4)19-12-18(24-15-25-19)26-17-6-7-20(23-13-17)33(5,30)31/h6-7,12-13,15-16H,8-11,14H2,1-5H3,(H,24,25,26). The minimum Gasteiger partial charge on any atom is -0.444 e. The summed E-state index contributed by atoms with van der Waals surface area (Å²) in [7, 11) is -1.36. The zero-order chi connectivity index (χ0) is 24.2. The highest BCUT2D eigenvalue weighted by molar-refractivity contribution is 7.90. The first-order chi connectivity index (χ1) is 15.4. The van der Waals surface area contributed by atoms with Crippen molar-refractivity contribution in [1.29, 1.82) is 0 Å². The van der Waals surface area contributed by atoms with E-state index in [4.69, 9.17) is 4.74 Å². The summed E-state index contributed by atoms with van der Waals surface area (Å²) in [5.41, 5.74) is 0.142. The lowest BCUT2D eigenvalue weighted by Crippen LogP contribution is -2.43. The van der Waals surface area contributed by atoms with Crippen LogP contribution in [0.5, 0.6) is 0 Å². The van der Waals surface area contributed by atoms with Gasteiger partial charge in [-0.2, -0.15) is 0 Å². The molecule has 33 heavy (non-hydrogen) atoms. The Labute approximate surface area is 195 Å². The summed E-state index contributed by atoms with van der Waals surface area (Å²) < 4.78 is 28.6. The molecule has 1 saturated heterocycles. The van der Waals surface area contributed by atoms with Crippen molar-refractivity contribution in [3.05, 3.63) is 30.7 Å². The van der Waals surface area contributed by atoms with Crippen LogP contribution in [0.15, 0.2) is 35.7 Å². The summed E-state index contributed by atoms with van der Waals surface area (Å²) in [5.74, 6) is 1.79. The van der Waals surface area contributed by atoms with E-state index in [1.165, 1.54) is 18.6 Å². The molecule has 0 aromatic carbocycles. The zero-order valence-corrected chi connectivity index (χ0v) is 20.6. The van der Waals surface area contributed by atoms with E-state index in [2.05, 4.69) is 25.2 Å². The molecule has 3 heterocycles. The van der Waals surface area contributed by atoms with Gasteiger partial charge in [0.15, 0.2) is 14.9 Å². The van der Waals surface area contributed by atoms with Crippen LogP contribution in [0.1, 0.15) is 33.6 Å². The number of likely N-dealkylation sites (tertiary alicyclic amines) is 1. The number of ether oxygens (including phenoxy) is 1. The van der Waals surface area contributed by atoms with E-state index in [0.29, 0.717) is 30.5 Å². The van der Waals surface area contributed by atoms with Gasteiger partial charge in [0.25, 0.3) is 0 Å². The second kappa shape index (κ2) is 9.90. The lowest BCUT2D eigenvalue weighted by molar-refractivity contribution is 0.0186. The number of hydrogen-bond donors (Lipinski definition) is 1. The second-order valence-corrected chi connectivity index (χ2v) is 11.3. The topological polar surface area (TPSA) is 118 Å². The number of anilines is 3. The number of amides is 1. The van der Waals surface area contributed by atoms with Crippen molar-refractivity contribution in [3.8, 4) is 0 Å². The van der Waals surface area contributed by atoms with E-state index in [0.717, 1.165) is 31.5 Å². The molecule has 1 aliphatic rings. The van der Waals surface area contributed by atoms with Gasteiger partial charge in [-0.05, 0) is 51.7 Å².